The Kier molecular flexibility index (Phi) is 5.50. The SMILES string of the molecule is COc1ccc(NC(=O)Nc2cc3c(cc2N2CCCC2)n(C)c(=O)n3C)cc1OC. The number of hydrogen-bond donors (Lipinski definition) is 2. The molecule has 0 aliphatic carbocycles. The highest BCUT2D eigenvalue weighted by molar-refractivity contribution is 6.04. The number of aromatic nitrogens is 2. The number of imidazole rings is 1. The number of rotatable bonds is 5. The summed E-state index contributed by atoms with van der Waals surface area (Å²) < 4.78 is 13.8. The van der Waals surface area contributed by atoms with Gasteiger partial charge in [0.05, 0.1) is 36.6 Å². The second kappa shape index (κ2) is 8.25. The molecule has 1 saturated heterocycles. The Bertz CT molecular complexity index is 1190. The van der Waals surface area contributed by atoms with Crippen molar-refractivity contribution >= 4 is 34.1 Å². The smallest absolute Gasteiger partial charge is 0.328 e. The van der Waals surface area contributed by atoms with E-state index in [1.165, 1.54) is 0 Å². The summed E-state index contributed by atoms with van der Waals surface area (Å²) >= 11 is 0. The van der Waals surface area contributed by atoms with Gasteiger partial charge in [0.25, 0.3) is 0 Å². The van der Waals surface area contributed by atoms with Crippen LogP contribution in [0.2, 0.25) is 0 Å². The van der Waals surface area contributed by atoms with Gasteiger partial charge in [-0.25, -0.2) is 9.59 Å². The van der Waals surface area contributed by atoms with E-state index in [2.05, 4.69) is 15.5 Å². The second-order valence-corrected chi connectivity index (χ2v) is 7.60. The summed E-state index contributed by atoms with van der Waals surface area (Å²) in [5.41, 5.74) is 3.64. The first-order chi connectivity index (χ1) is 14.9. The summed E-state index contributed by atoms with van der Waals surface area (Å²) in [4.78, 5) is 27.4. The van der Waals surface area contributed by atoms with E-state index in [4.69, 9.17) is 9.47 Å². The monoisotopic (exact) mass is 425 g/mol. The molecule has 164 valence electrons. The van der Waals surface area contributed by atoms with Gasteiger partial charge in [0.1, 0.15) is 0 Å². The summed E-state index contributed by atoms with van der Waals surface area (Å²) in [6.45, 7) is 1.83. The van der Waals surface area contributed by atoms with Crippen molar-refractivity contribution in [3.8, 4) is 11.5 Å². The van der Waals surface area contributed by atoms with E-state index in [0.717, 1.165) is 42.7 Å². The van der Waals surface area contributed by atoms with Crippen LogP contribution in [-0.2, 0) is 14.1 Å². The van der Waals surface area contributed by atoms with Gasteiger partial charge in [-0.2, -0.15) is 0 Å². The van der Waals surface area contributed by atoms with Crippen LogP contribution in [0.5, 0.6) is 11.5 Å². The minimum atomic E-state index is -0.382. The van der Waals surface area contributed by atoms with Crippen LogP contribution in [0.4, 0.5) is 21.9 Å². The topological polar surface area (TPSA) is 89.8 Å². The Hall–Kier alpha value is -3.62. The predicted molar refractivity (Wildman–Crippen MR) is 122 cm³/mol. The molecule has 2 heterocycles. The Morgan fingerprint density at radius 3 is 2.19 bits per heavy atom. The summed E-state index contributed by atoms with van der Waals surface area (Å²) in [7, 11) is 6.59. The number of nitrogens with one attached hydrogen (secondary N) is 2. The molecule has 31 heavy (non-hydrogen) atoms. The van der Waals surface area contributed by atoms with Crippen molar-refractivity contribution in [2.24, 2.45) is 14.1 Å². The van der Waals surface area contributed by atoms with Gasteiger partial charge in [0, 0.05) is 38.9 Å². The molecule has 1 fully saturated rings. The molecule has 0 unspecified atom stereocenters. The number of amides is 2. The van der Waals surface area contributed by atoms with Gasteiger partial charge in [-0.15, -0.1) is 0 Å². The van der Waals surface area contributed by atoms with Crippen molar-refractivity contribution in [2.45, 2.75) is 12.8 Å². The van der Waals surface area contributed by atoms with Crippen molar-refractivity contribution in [2.75, 3.05) is 42.8 Å². The minimum Gasteiger partial charge on any atom is -0.493 e. The molecule has 9 nitrogen and oxygen atoms in total. The average Bonchev–Trinajstić information content (AvgIpc) is 3.37. The number of anilines is 3. The number of fused-ring (bicyclic) bond motifs is 1. The second-order valence-electron chi connectivity index (χ2n) is 7.60. The van der Waals surface area contributed by atoms with Crippen molar-refractivity contribution < 1.29 is 14.3 Å². The molecule has 1 aliphatic rings. The zero-order chi connectivity index (χ0) is 22.1. The van der Waals surface area contributed by atoms with Crippen LogP contribution in [0.1, 0.15) is 12.8 Å². The third-order valence-electron chi connectivity index (χ3n) is 5.73. The summed E-state index contributed by atoms with van der Waals surface area (Å²) in [6, 6.07) is 8.63. The van der Waals surface area contributed by atoms with E-state index >= 15 is 0 Å². The van der Waals surface area contributed by atoms with Crippen LogP contribution in [0.25, 0.3) is 11.0 Å². The summed E-state index contributed by atoms with van der Waals surface area (Å²) in [6.07, 6.45) is 2.20. The highest BCUT2D eigenvalue weighted by Crippen LogP contribution is 2.34. The summed E-state index contributed by atoms with van der Waals surface area (Å²) in [5, 5.41) is 5.80. The first-order valence-corrected chi connectivity index (χ1v) is 10.2. The molecule has 0 saturated carbocycles. The Labute approximate surface area is 180 Å². The summed E-state index contributed by atoms with van der Waals surface area (Å²) in [5.74, 6) is 1.11. The molecule has 2 aromatic carbocycles. The number of urea groups is 1. The number of ether oxygens (including phenoxy) is 2. The minimum absolute atomic E-state index is 0.102. The number of carbonyl (C=O) groups excluding carboxylic acids is 1. The normalized spacial score (nSPS) is 13.5. The number of benzene rings is 2. The standard InChI is InChI=1S/C22H27N5O4/c1-25-17-12-15(16(27-9-5-6-10-27)13-18(17)26(2)22(25)29)24-21(28)23-14-7-8-19(30-3)20(11-14)31-4/h7-8,11-13H,5-6,9-10H2,1-4H3,(H2,23,24,28). The molecule has 1 aromatic heterocycles. The van der Waals surface area contributed by atoms with Gasteiger partial charge < -0.3 is 25.0 Å². The molecule has 0 radical (unpaired) electrons. The predicted octanol–water partition coefficient (Wildman–Crippen LogP) is 3.14. The van der Waals surface area contributed by atoms with E-state index in [1.807, 2.05) is 12.1 Å². The van der Waals surface area contributed by atoms with Crippen LogP contribution in [-0.4, -0.2) is 42.5 Å². The quantitative estimate of drug-likeness (QED) is 0.656. The lowest BCUT2D eigenvalue weighted by molar-refractivity contribution is 0.262. The van der Waals surface area contributed by atoms with Crippen molar-refractivity contribution in [1.29, 1.82) is 0 Å². The molecule has 0 bridgehead atoms. The molecule has 9 heteroatoms. The van der Waals surface area contributed by atoms with Crippen LogP contribution in [0.15, 0.2) is 35.1 Å². The third-order valence-corrected chi connectivity index (χ3v) is 5.73. The number of hydrogen-bond acceptors (Lipinski definition) is 5. The van der Waals surface area contributed by atoms with E-state index in [-0.39, 0.29) is 11.7 Å². The largest absolute Gasteiger partial charge is 0.493 e. The van der Waals surface area contributed by atoms with Crippen LogP contribution < -0.4 is 30.7 Å². The molecule has 4 rings (SSSR count). The average molecular weight is 425 g/mol. The molecule has 0 spiro atoms. The number of carbonyl (C=O) groups is 1. The first-order valence-electron chi connectivity index (χ1n) is 10.2. The van der Waals surface area contributed by atoms with E-state index < -0.39 is 0 Å². The number of methoxy groups -OCH3 is 2. The van der Waals surface area contributed by atoms with E-state index in [9.17, 15) is 9.59 Å². The number of aryl methyl sites for hydroxylation is 2. The van der Waals surface area contributed by atoms with Gasteiger partial charge in [-0.05, 0) is 37.1 Å². The maximum atomic E-state index is 12.8. The molecule has 2 N–H and O–H groups in total. The Morgan fingerprint density at radius 2 is 1.55 bits per heavy atom. The van der Waals surface area contributed by atoms with Gasteiger partial charge in [-0.1, -0.05) is 0 Å². The number of nitrogens with zero attached hydrogens (tertiary/aromatic N) is 3. The fourth-order valence-corrected chi connectivity index (χ4v) is 4.05. The van der Waals surface area contributed by atoms with Crippen molar-refractivity contribution in [3.63, 3.8) is 0 Å². The van der Waals surface area contributed by atoms with Crippen LogP contribution in [0, 0.1) is 0 Å². The van der Waals surface area contributed by atoms with Gasteiger partial charge in [-0.3, -0.25) is 9.13 Å². The lowest BCUT2D eigenvalue weighted by Crippen LogP contribution is -2.24. The lowest BCUT2D eigenvalue weighted by Gasteiger charge is -2.22. The molecule has 3 aromatic rings. The highest BCUT2D eigenvalue weighted by atomic mass is 16.5. The fourth-order valence-electron chi connectivity index (χ4n) is 4.05. The van der Waals surface area contributed by atoms with E-state index in [0.29, 0.717) is 22.9 Å². The maximum absolute atomic E-state index is 12.8. The fraction of sp³-hybridized carbons (Fsp3) is 0.364. The van der Waals surface area contributed by atoms with Crippen LogP contribution >= 0.6 is 0 Å². The maximum Gasteiger partial charge on any atom is 0.328 e. The molecule has 2 amide bonds. The molecule has 0 atom stereocenters. The lowest BCUT2D eigenvalue weighted by atomic mass is 10.2. The van der Waals surface area contributed by atoms with E-state index in [1.54, 1.807) is 55.6 Å². The zero-order valence-electron chi connectivity index (χ0n) is 18.2. The molecule has 1 aliphatic heterocycles. The van der Waals surface area contributed by atoms with Gasteiger partial charge in [0.15, 0.2) is 11.5 Å². The van der Waals surface area contributed by atoms with Crippen LogP contribution in [0.3, 0.4) is 0 Å². The Balaban J connectivity index is 1.66. The van der Waals surface area contributed by atoms with Gasteiger partial charge >= 0.3 is 11.7 Å². The molecular formula is C22H27N5O4. The first kappa shape index (κ1) is 20.6. The van der Waals surface area contributed by atoms with Crippen molar-refractivity contribution in [3.05, 3.63) is 40.8 Å². The zero-order valence-corrected chi connectivity index (χ0v) is 18.2. The third kappa shape index (κ3) is 3.78. The van der Waals surface area contributed by atoms with Crippen molar-refractivity contribution in [1.82, 2.24) is 9.13 Å². The highest BCUT2D eigenvalue weighted by Gasteiger charge is 2.20. The molecular weight excluding hydrogens is 398 g/mol. The Morgan fingerprint density at radius 1 is 0.903 bits per heavy atom. The van der Waals surface area contributed by atoms with Gasteiger partial charge in [0.2, 0.25) is 0 Å².